The fourth-order valence-corrected chi connectivity index (χ4v) is 6.94. The number of carbonyl (C=O) groups is 2. The van der Waals surface area contributed by atoms with E-state index in [9.17, 15) is 9.59 Å². The first-order valence-corrected chi connectivity index (χ1v) is 16.1. The third-order valence-corrected chi connectivity index (χ3v) is 9.22. The van der Waals surface area contributed by atoms with Crippen molar-refractivity contribution < 1.29 is 9.59 Å². The van der Waals surface area contributed by atoms with Crippen molar-refractivity contribution in [3.63, 3.8) is 0 Å². The van der Waals surface area contributed by atoms with Crippen LogP contribution in [0.3, 0.4) is 0 Å². The number of ketones is 2. The molecule has 0 unspecified atom stereocenters. The van der Waals surface area contributed by atoms with Gasteiger partial charge in [-0.2, -0.15) is 0 Å². The van der Waals surface area contributed by atoms with Gasteiger partial charge in [0.1, 0.15) is 0 Å². The lowest BCUT2D eigenvalue weighted by Crippen LogP contribution is -2.06. The number of para-hydroxylation sites is 3. The number of benzene rings is 6. The zero-order valence-electron chi connectivity index (χ0n) is 26.7. The maximum atomic E-state index is 13.7. The van der Waals surface area contributed by atoms with E-state index in [2.05, 4.69) is 76.7 Å². The number of hydrogen-bond acceptors (Lipinski definition) is 2. The number of rotatable bonds is 7. The van der Waals surface area contributed by atoms with Crippen LogP contribution >= 0.6 is 0 Å². The van der Waals surface area contributed by atoms with Crippen LogP contribution in [0.15, 0.2) is 152 Å². The molecule has 0 aliphatic heterocycles. The minimum absolute atomic E-state index is 0.0926. The molecule has 8 aromatic rings. The lowest BCUT2D eigenvalue weighted by molar-refractivity contribution is 0.102. The van der Waals surface area contributed by atoms with Gasteiger partial charge in [-0.25, -0.2) is 0 Å². The minimum Gasteiger partial charge on any atom is -0.310 e. The molecule has 0 aliphatic rings. The molecule has 48 heavy (non-hydrogen) atoms. The molecule has 0 atom stereocenters. The van der Waals surface area contributed by atoms with E-state index in [0.29, 0.717) is 22.3 Å². The molecule has 0 amide bonds. The van der Waals surface area contributed by atoms with E-state index < -0.39 is 0 Å². The molecule has 0 N–H and O–H groups in total. The first-order chi connectivity index (χ1) is 23.5. The van der Waals surface area contributed by atoms with Crippen molar-refractivity contribution in [2.24, 2.45) is 0 Å². The molecule has 8 rings (SSSR count). The van der Waals surface area contributed by atoms with Crippen molar-refractivity contribution in [1.82, 2.24) is 9.13 Å². The van der Waals surface area contributed by atoms with E-state index >= 15 is 0 Å². The number of allylic oxidation sites excluding steroid dienone is 1. The van der Waals surface area contributed by atoms with Gasteiger partial charge in [0, 0.05) is 55.5 Å². The largest absolute Gasteiger partial charge is 0.310 e. The summed E-state index contributed by atoms with van der Waals surface area (Å²) >= 11 is 0. The maximum Gasteiger partial charge on any atom is 0.193 e. The van der Waals surface area contributed by atoms with Gasteiger partial charge in [0.15, 0.2) is 11.6 Å². The summed E-state index contributed by atoms with van der Waals surface area (Å²) in [6.45, 7) is 4.14. The molecule has 0 radical (unpaired) electrons. The first kappa shape index (κ1) is 29.2. The average molecular weight is 621 g/mol. The van der Waals surface area contributed by atoms with Gasteiger partial charge >= 0.3 is 0 Å². The number of hydrogen-bond donors (Lipinski definition) is 0. The monoisotopic (exact) mass is 620 g/mol. The van der Waals surface area contributed by atoms with E-state index in [-0.39, 0.29) is 11.6 Å². The van der Waals surface area contributed by atoms with E-state index in [1.54, 1.807) is 24.3 Å². The summed E-state index contributed by atoms with van der Waals surface area (Å²) < 4.78 is 4.41. The van der Waals surface area contributed by atoms with Gasteiger partial charge in [0.2, 0.25) is 0 Å². The number of aryl methyl sites for hydroxylation is 1. The van der Waals surface area contributed by atoms with Crippen molar-refractivity contribution in [2.75, 3.05) is 0 Å². The van der Waals surface area contributed by atoms with Crippen molar-refractivity contribution >= 4 is 50.4 Å². The standard InChI is InChI=1S/C44H32N2O2/c1-3-12-39-29(2)36-17-4-7-20-40(36)45(39)34-15-10-13-32(27-34)43(47)30-23-25-31(26-24-30)44(48)33-14-11-16-35(28-33)46-41-21-8-5-18-37(41)38-19-6-9-22-42(38)46/h3-28H,1-2H3/b12-3-. The maximum absolute atomic E-state index is 13.7. The zero-order chi connectivity index (χ0) is 32.8. The smallest absolute Gasteiger partial charge is 0.193 e. The SMILES string of the molecule is C/C=C\c1c(C)c2ccccc2n1-c1cccc(C(=O)c2ccc(C(=O)c3cccc(-n4c5ccccc5c5ccccc54)c3)cc2)c1. The summed E-state index contributed by atoms with van der Waals surface area (Å²) in [6.07, 6.45) is 4.15. The van der Waals surface area contributed by atoms with Gasteiger partial charge in [-0.3, -0.25) is 9.59 Å². The fraction of sp³-hybridized carbons (Fsp3) is 0.0455. The summed E-state index contributed by atoms with van der Waals surface area (Å²) in [5, 5.41) is 3.53. The van der Waals surface area contributed by atoms with Crippen LogP contribution < -0.4 is 0 Å². The van der Waals surface area contributed by atoms with E-state index in [1.807, 2.05) is 79.7 Å². The molecule has 2 heterocycles. The van der Waals surface area contributed by atoms with Crippen LogP contribution in [0, 0.1) is 6.92 Å². The van der Waals surface area contributed by atoms with Gasteiger partial charge in [-0.15, -0.1) is 0 Å². The Morgan fingerprint density at radius 3 is 1.42 bits per heavy atom. The Morgan fingerprint density at radius 1 is 0.479 bits per heavy atom. The number of nitrogens with zero attached hydrogens (tertiary/aromatic N) is 2. The Balaban J connectivity index is 1.10. The molecule has 0 saturated carbocycles. The van der Waals surface area contributed by atoms with Gasteiger partial charge in [0.25, 0.3) is 0 Å². The third kappa shape index (κ3) is 4.78. The highest BCUT2D eigenvalue weighted by atomic mass is 16.1. The molecule has 4 heteroatoms. The molecule has 0 saturated heterocycles. The van der Waals surface area contributed by atoms with Crippen LogP contribution in [0.5, 0.6) is 0 Å². The summed E-state index contributed by atoms with van der Waals surface area (Å²) in [6, 6.07) is 47.5. The third-order valence-electron chi connectivity index (χ3n) is 9.22. The van der Waals surface area contributed by atoms with Gasteiger partial charge in [-0.1, -0.05) is 109 Å². The summed E-state index contributed by atoms with van der Waals surface area (Å²) in [4.78, 5) is 27.5. The summed E-state index contributed by atoms with van der Waals surface area (Å²) in [5.74, 6) is -0.185. The Labute approximate surface area is 278 Å². The number of carbonyl (C=O) groups excluding carboxylic acids is 2. The minimum atomic E-state index is -0.0926. The molecule has 4 nitrogen and oxygen atoms in total. The van der Waals surface area contributed by atoms with Crippen molar-refractivity contribution in [3.8, 4) is 11.4 Å². The molecule has 6 aromatic carbocycles. The molecule has 0 fully saturated rings. The van der Waals surface area contributed by atoms with Crippen LogP contribution in [0.2, 0.25) is 0 Å². The van der Waals surface area contributed by atoms with Crippen LogP contribution in [-0.4, -0.2) is 20.7 Å². The molecule has 0 spiro atoms. The molecular weight excluding hydrogens is 588 g/mol. The molecule has 2 aromatic heterocycles. The lowest BCUT2D eigenvalue weighted by atomic mass is 9.98. The normalized spacial score (nSPS) is 11.6. The highest BCUT2D eigenvalue weighted by molar-refractivity contribution is 6.13. The van der Waals surface area contributed by atoms with E-state index in [4.69, 9.17) is 0 Å². The van der Waals surface area contributed by atoms with Crippen LogP contribution in [0.25, 0.3) is 50.2 Å². The Bertz CT molecular complexity index is 2510. The second-order valence-corrected chi connectivity index (χ2v) is 12.1. The molecular formula is C44H32N2O2. The average Bonchev–Trinajstić information content (AvgIpc) is 3.63. The molecule has 230 valence electrons. The van der Waals surface area contributed by atoms with Crippen LogP contribution in [-0.2, 0) is 0 Å². The van der Waals surface area contributed by atoms with Gasteiger partial charge < -0.3 is 9.13 Å². The van der Waals surface area contributed by atoms with Crippen LogP contribution in [0.1, 0.15) is 50.0 Å². The second kappa shape index (κ2) is 11.8. The summed E-state index contributed by atoms with van der Waals surface area (Å²) in [5.41, 5.74) is 9.66. The Morgan fingerprint density at radius 2 is 0.917 bits per heavy atom. The quantitative estimate of drug-likeness (QED) is 0.166. The van der Waals surface area contributed by atoms with Crippen LogP contribution in [0.4, 0.5) is 0 Å². The fourth-order valence-electron chi connectivity index (χ4n) is 6.94. The zero-order valence-corrected chi connectivity index (χ0v) is 26.7. The summed E-state index contributed by atoms with van der Waals surface area (Å²) in [7, 11) is 0. The van der Waals surface area contributed by atoms with E-state index in [0.717, 1.165) is 33.6 Å². The highest BCUT2D eigenvalue weighted by Crippen LogP contribution is 2.33. The van der Waals surface area contributed by atoms with Gasteiger partial charge in [-0.05, 0) is 68.0 Å². The molecule has 0 aliphatic carbocycles. The van der Waals surface area contributed by atoms with Crippen molar-refractivity contribution in [2.45, 2.75) is 13.8 Å². The topological polar surface area (TPSA) is 44.0 Å². The van der Waals surface area contributed by atoms with Gasteiger partial charge in [0.05, 0.1) is 16.6 Å². The lowest BCUT2D eigenvalue weighted by Gasteiger charge is -2.11. The first-order valence-electron chi connectivity index (χ1n) is 16.1. The Hall–Kier alpha value is -6.26. The van der Waals surface area contributed by atoms with Crippen molar-refractivity contribution in [3.05, 3.63) is 185 Å². The number of aromatic nitrogens is 2. The van der Waals surface area contributed by atoms with Crippen molar-refractivity contribution in [1.29, 1.82) is 0 Å². The predicted octanol–water partition coefficient (Wildman–Crippen LogP) is 10.5. The number of fused-ring (bicyclic) bond motifs is 4. The van der Waals surface area contributed by atoms with E-state index in [1.165, 1.54) is 21.7 Å². The Kier molecular flexibility index (Phi) is 7.19. The predicted molar refractivity (Wildman–Crippen MR) is 197 cm³/mol. The molecule has 0 bridgehead atoms. The second-order valence-electron chi connectivity index (χ2n) is 12.1. The highest BCUT2D eigenvalue weighted by Gasteiger charge is 2.18.